The van der Waals surface area contributed by atoms with Crippen LogP contribution in [0.25, 0.3) is 6.08 Å². The number of aryl methyl sites for hydroxylation is 3. The van der Waals surface area contributed by atoms with Crippen LogP contribution in [0.5, 0.6) is 5.75 Å². The van der Waals surface area contributed by atoms with Crippen molar-refractivity contribution in [1.29, 1.82) is 0 Å². The number of hydrogen-bond acceptors (Lipinski definition) is 4. The summed E-state index contributed by atoms with van der Waals surface area (Å²) in [5.74, 6) is 0.342. The van der Waals surface area contributed by atoms with Gasteiger partial charge in [0.25, 0.3) is 0 Å². The highest BCUT2D eigenvalue weighted by molar-refractivity contribution is 6.31. The summed E-state index contributed by atoms with van der Waals surface area (Å²) in [6.45, 7) is 4.27. The summed E-state index contributed by atoms with van der Waals surface area (Å²) in [5, 5.41) is 4.65. The number of carbonyl (C=O) groups excluding carboxylic acids is 1. The fourth-order valence-electron chi connectivity index (χ4n) is 2.05. The van der Waals surface area contributed by atoms with Crippen molar-refractivity contribution in [3.63, 3.8) is 0 Å². The van der Waals surface area contributed by atoms with Crippen molar-refractivity contribution < 1.29 is 14.3 Å². The Bertz CT molecular complexity index is 723. The number of halogens is 1. The van der Waals surface area contributed by atoms with Crippen molar-refractivity contribution in [2.24, 2.45) is 7.05 Å². The summed E-state index contributed by atoms with van der Waals surface area (Å²) in [6, 6.07) is 7.68. The van der Waals surface area contributed by atoms with E-state index in [1.54, 1.807) is 17.8 Å². The molecule has 122 valence electrons. The van der Waals surface area contributed by atoms with Gasteiger partial charge in [0.15, 0.2) is 0 Å². The first kappa shape index (κ1) is 17.1. The molecule has 5 nitrogen and oxygen atoms in total. The van der Waals surface area contributed by atoms with E-state index in [2.05, 4.69) is 5.10 Å². The van der Waals surface area contributed by atoms with E-state index < -0.39 is 5.97 Å². The largest absolute Gasteiger partial charge is 0.490 e. The van der Waals surface area contributed by atoms with E-state index in [4.69, 9.17) is 21.1 Å². The van der Waals surface area contributed by atoms with Gasteiger partial charge in [-0.25, -0.2) is 4.79 Å². The molecular formula is C17H19ClN2O3. The lowest BCUT2D eigenvalue weighted by molar-refractivity contribution is -0.138. The second-order valence-electron chi connectivity index (χ2n) is 5.03. The van der Waals surface area contributed by atoms with Crippen molar-refractivity contribution in [3.05, 3.63) is 52.3 Å². The van der Waals surface area contributed by atoms with Crippen LogP contribution in [0.1, 0.15) is 16.8 Å². The molecule has 0 spiro atoms. The monoisotopic (exact) mass is 334 g/mol. The second-order valence-corrected chi connectivity index (χ2v) is 5.39. The molecule has 0 N–H and O–H groups in total. The number of esters is 1. The summed E-state index contributed by atoms with van der Waals surface area (Å²) >= 11 is 6.08. The Balaban J connectivity index is 1.79. The van der Waals surface area contributed by atoms with Crippen LogP contribution in [0.4, 0.5) is 0 Å². The Morgan fingerprint density at radius 3 is 2.70 bits per heavy atom. The molecule has 0 aliphatic rings. The molecule has 2 rings (SSSR count). The van der Waals surface area contributed by atoms with Crippen LogP contribution in [-0.2, 0) is 16.6 Å². The SMILES string of the molecule is Cc1ccccc1OCCOC(=O)/C=C/c1c(C)nn(C)c1Cl. The van der Waals surface area contributed by atoms with E-state index >= 15 is 0 Å². The second kappa shape index (κ2) is 7.83. The molecule has 23 heavy (non-hydrogen) atoms. The van der Waals surface area contributed by atoms with Gasteiger partial charge in [-0.05, 0) is 31.6 Å². The molecule has 0 bridgehead atoms. The van der Waals surface area contributed by atoms with Crippen molar-refractivity contribution in [2.45, 2.75) is 13.8 Å². The van der Waals surface area contributed by atoms with E-state index in [0.29, 0.717) is 17.3 Å². The summed E-state index contributed by atoms with van der Waals surface area (Å²) in [5.41, 5.74) is 2.51. The quantitative estimate of drug-likeness (QED) is 0.462. The third-order valence-electron chi connectivity index (χ3n) is 3.26. The first-order chi connectivity index (χ1) is 11.0. The topological polar surface area (TPSA) is 53.4 Å². The zero-order chi connectivity index (χ0) is 16.8. The maximum Gasteiger partial charge on any atom is 0.330 e. The minimum absolute atomic E-state index is 0.178. The van der Waals surface area contributed by atoms with Crippen molar-refractivity contribution >= 4 is 23.6 Å². The Kier molecular flexibility index (Phi) is 5.82. The normalized spacial score (nSPS) is 11.0. The summed E-state index contributed by atoms with van der Waals surface area (Å²) in [6.07, 6.45) is 2.94. The number of para-hydroxylation sites is 1. The van der Waals surface area contributed by atoms with Crippen LogP contribution >= 0.6 is 11.6 Å². The number of carbonyl (C=O) groups is 1. The van der Waals surface area contributed by atoms with Crippen LogP contribution in [-0.4, -0.2) is 29.0 Å². The minimum Gasteiger partial charge on any atom is -0.490 e. The van der Waals surface area contributed by atoms with Gasteiger partial charge in [0, 0.05) is 18.7 Å². The molecule has 0 unspecified atom stereocenters. The molecule has 2 aromatic rings. The van der Waals surface area contributed by atoms with Crippen LogP contribution < -0.4 is 4.74 Å². The molecule has 6 heteroatoms. The average molecular weight is 335 g/mol. The summed E-state index contributed by atoms with van der Waals surface area (Å²) < 4.78 is 12.2. The van der Waals surface area contributed by atoms with Crippen molar-refractivity contribution in [3.8, 4) is 5.75 Å². The highest BCUT2D eigenvalue weighted by Gasteiger charge is 2.08. The van der Waals surface area contributed by atoms with Gasteiger partial charge >= 0.3 is 5.97 Å². The fourth-order valence-corrected chi connectivity index (χ4v) is 2.29. The molecule has 1 aromatic heterocycles. The maximum absolute atomic E-state index is 11.7. The zero-order valence-electron chi connectivity index (χ0n) is 13.4. The molecule has 1 aromatic carbocycles. The zero-order valence-corrected chi connectivity index (χ0v) is 14.1. The number of aromatic nitrogens is 2. The Hall–Kier alpha value is -2.27. The van der Waals surface area contributed by atoms with Gasteiger partial charge < -0.3 is 9.47 Å². The third kappa shape index (κ3) is 4.60. The van der Waals surface area contributed by atoms with Crippen LogP contribution in [0.3, 0.4) is 0 Å². The van der Waals surface area contributed by atoms with Crippen molar-refractivity contribution in [2.75, 3.05) is 13.2 Å². The molecule has 1 heterocycles. The molecule has 0 aliphatic carbocycles. The predicted octanol–water partition coefficient (Wildman–Crippen LogP) is 3.33. The number of rotatable bonds is 6. The van der Waals surface area contributed by atoms with Gasteiger partial charge in [0.1, 0.15) is 24.1 Å². The lowest BCUT2D eigenvalue weighted by Gasteiger charge is -2.08. The highest BCUT2D eigenvalue weighted by atomic mass is 35.5. The third-order valence-corrected chi connectivity index (χ3v) is 3.71. The van der Waals surface area contributed by atoms with Crippen molar-refractivity contribution in [1.82, 2.24) is 9.78 Å². The van der Waals surface area contributed by atoms with Gasteiger partial charge in [-0.1, -0.05) is 29.8 Å². The molecule has 0 saturated heterocycles. The van der Waals surface area contributed by atoms with Gasteiger partial charge in [-0.2, -0.15) is 5.10 Å². The molecular weight excluding hydrogens is 316 g/mol. The highest BCUT2D eigenvalue weighted by Crippen LogP contribution is 2.20. The Labute approximate surface area is 140 Å². The van der Waals surface area contributed by atoms with E-state index in [1.807, 2.05) is 38.1 Å². The Morgan fingerprint density at radius 1 is 1.30 bits per heavy atom. The molecule has 0 fully saturated rings. The maximum atomic E-state index is 11.7. The van der Waals surface area contributed by atoms with Crippen LogP contribution in [0.2, 0.25) is 5.15 Å². The smallest absolute Gasteiger partial charge is 0.330 e. The van der Waals surface area contributed by atoms with Gasteiger partial charge in [0.05, 0.1) is 5.69 Å². The Morgan fingerprint density at radius 2 is 2.04 bits per heavy atom. The molecule has 0 saturated carbocycles. The lowest BCUT2D eigenvalue weighted by Crippen LogP contribution is -2.10. The minimum atomic E-state index is -0.447. The summed E-state index contributed by atoms with van der Waals surface area (Å²) in [4.78, 5) is 11.7. The number of benzene rings is 1. The number of nitrogens with zero attached hydrogens (tertiary/aromatic N) is 2. The van der Waals surface area contributed by atoms with E-state index in [9.17, 15) is 4.79 Å². The molecule has 0 amide bonds. The van der Waals surface area contributed by atoms with E-state index in [-0.39, 0.29) is 6.61 Å². The van der Waals surface area contributed by atoms with E-state index in [1.165, 1.54) is 6.08 Å². The number of ether oxygens (including phenoxy) is 2. The summed E-state index contributed by atoms with van der Waals surface area (Å²) in [7, 11) is 1.74. The fraction of sp³-hybridized carbons (Fsp3) is 0.294. The van der Waals surface area contributed by atoms with E-state index in [0.717, 1.165) is 17.0 Å². The number of hydrogen-bond donors (Lipinski definition) is 0. The molecule has 0 radical (unpaired) electrons. The first-order valence-corrected chi connectivity index (χ1v) is 7.59. The average Bonchev–Trinajstić information content (AvgIpc) is 2.76. The van der Waals surface area contributed by atoms with Gasteiger partial charge in [-0.15, -0.1) is 0 Å². The first-order valence-electron chi connectivity index (χ1n) is 7.21. The standard InChI is InChI=1S/C17H19ClN2O3/c1-12-6-4-5-7-15(12)22-10-11-23-16(21)9-8-14-13(2)19-20(3)17(14)18/h4-9H,10-11H2,1-3H3/b9-8+. The molecule has 0 atom stereocenters. The lowest BCUT2D eigenvalue weighted by atomic mass is 10.2. The van der Waals surface area contributed by atoms with Crippen LogP contribution in [0.15, 0.2) is 30.3 Å². The molecule has 0 aliphatic heterocycles. The van der Waals surface area contributed by atoms with Crippen LogP contribution in [0, 0.1) is 13.8 Å². The van der Waals surface area contributed by atoms with Gasteiger partial charge in [0.2, 0.25) is 0 Å². The predicted molar refractivity (Wildman–Crippen MR) is 89.6 cm³/mol. The van der Waals surface area contributed by atoms with Gasteiger partial charge in [-0.3, -0.25) is 4.68 Å².